The molecular formula is C21H15N5O6. The van der Waals surface area contributed by atoms with Crippen LogP contribution in [0.4, 0.5) is 11.4 Å². The van der Waals surface area contributed by atoms with E-state index in [4.69, 9.17) is 4.74 Å². The first-order valence-corrected chi connectivity index (χ1v) is 9.33. The lowest BCUT2D eigenvalue weighted by Crippen LogP contribution is -2.14. The molecule has 0 atom stereocenters. The van der Waals surface area contributed by atoms with Gasteiger partial charge in [0.1, 0.15) is 16.7 Å². The topological polar surface area (TPSA) is 143 Å². The van der Waals surface area contributed by atoms with Gasteiger partial charge in [-0.15, -0.1) is 15.0 Å². The van der Waals surface area contributed by atoms with Crippen LogP contribution in [0.3, 0.4) is 0 Å². The molecule has 0 radical (unpaired) electrons. The number of non-ortho nitro benzene ring substituents is 1. The summed E-state index contributed by atoms with van der Waals surface area (Å²) in [6, 6.07) is 13.9. The van der Waals surface area contributed by atoms with Crippen LogP contribution >= 0.6 is 0 Å². The van der Waals surface area contributed by atoms with Gasteiger partial charge >= 0.3 is 5.97 Å². The standard InChI is InChI=1S/C21H15N5O6/c1-12-7-8-20(19(9-12)24-22-16-5-3-4-6-17(16)23-24)32-21(27)15-10-14(25(28)29)11-18(13(15)2)26(30)31/h3-11H,1-2H3. The Bertz CT molecular complexity index is 1380. The molecule has 32 heavy (non-hydrogen) atoms. The second-order valence-electron chi connectivity index (χ2n) is 6.99. The van der Waals surface area contributed by atoms with Gasteiger partial charge in [-0.3, -0.25) is 20.2 Å². The molecule has 3 aromatic carbocycles. The molecule has 0 aliphatic rings. The second kappa shape index (κ2) is 7.87. The molecule has 160 valence electrons. The van der Waals surface area contributed by atoms with Crippen molar-refractivity contribution >= 4 is 28.4 Å². The van der Waals surface area contributed by atoms with Crippen LogP contribution in [-0.4, -0.2) is 30.8 Å². The quantitative estimate of drug-likeness (QED) is 0.198. The van der Waals surface area contributed by atoms with E-state index in [1.54, 1.807) is 24.3 Å². The van der Waals surface area contributed by atoms with Gasteiger partial charge in [-0.2, -0.15) is 0 Å². The van der Waals surface area contributed by atoms with Crippen molar-refractivity contribution in [1.82, 2.24) is 15.0 Å². The predicted molar refractivity (Wildman–Crippen MR) is 113 cm³/mol. The van der Waals surface area contributed by atoms with Crippen molar-refractivity contribution in [2.75, 3.05) is 0 Å². The number of nitro groups is 2. The number of benzene rings is 3. The largest absolute Gasteiger partial charge is 0.421 e. The second-order valence-corrected chi connectivity index (χ2v) is 6.99. The minimum atomic E-state index is -0.976. The summed E-state index contributed by atoms with van der Waals surface area (Å²) in [5.41, 5.74) is 1.04. The van der Waals surface area contributed by atoms with Crippen LogP contribution in [0.25, 0.3) is 16.7 Å². The van der Waals surface area contributed by atoms with E-state index in [1.165, 1.54) is 17.8 Å². The minimum Gasteiger partial charge on any atom is -0.421 e. The molecule has 0 bridgehead atoms. The third kappa shape index (κ3) is 3.74. The van der Waals surface area contributed by atoms with E-state index in [9.17, 15) is 25.0 Å². The number of ether oxygens (including phenoxy) is 1. The summed E-state index contributed by atoms with van der Waals surface area (Å²) in [7, 11) is 0. The zero-order chi connectivity index (χ0) is 23.0. The Balaban J connectivity index is 1.78. The molecule has 4 rings (SSSR count). The highest BCUT2D eigenvalue weighted by atomic mass is 16.6. The Kier molecular flexibility index (Phi) is 5.07. The van der Waals surface area contributed by atoms with E-state index < -0.39 is 27.2 Å². The number of fused-ring (bicyclic) bond motifs is 1. The van der Waals surface area contributed by atoms with Gasteiger partial charge in [0.05, 0.1) is 21.5 Å². The Morgan fingerprint density at radius 1 is 0.938 bits per heavy atom. The SMILES string of the molecule is Cc1ccc(OC(=O)c2cc([N+](=O)[O-])cc([N+](=O)[O-])c2C)c(-n2nc3ccccc3n2)c1. The molecule has 0 aliphatic heterocycles. The van der Waals surface area contributed by atoms with Crippen LogP contribution < -0.4 is 4.74 Å². The minimum absolute atomic E-state index is 0.0396. The summed E-state index contributed by atoms with van der Waals surface area (Å²) in [4.78, 5) is 35.1. The molecule has 0 unspecified atom stereocenters. The van der Waals surface area contributed by atoms with Gasteiger partial charge in [0.2, 0.25) is 0 Å². The molecule has 1 heterocycles. The lowest BCUT2D eigenvalue weighted by Gasteiger charge is -2.11. The summed E-state index contributed by atoms with van der Waals surface area (Å²) in [6.45, 7) is 3.17. The van der Waals surface area contributed by atoms with Gasteiger partial charge in [-0.25, -0.2) is 4.79 Å². The van der Waals surface area contributed by atoms with Gasteiger partial charge in [-0.05, 0) is 43.7 Å². The highest BCUT2D eigenvalue weighted by Crippen LogP contribution is 2.30. The van der Waals surface area contributed by atoms with Crippen molar-refractivity contribution in [3.63, 3.8) is 0 Å². The average Bonchev–Trinajstić information content (AvgIpc) is 3.18. The molecule has 0 spiro atoms. The Morgan fingerprint density at radius 3 is 2.19 bits per heavy atom. The number of hydrogen-bond acceptors (Lipinski definition) is 8. The third-order valence-electron chi connectivity index (χ3n) is 4.81. The molecule has 11 nitrogen and oxygen atoms in total. The zero-order valence-corrected chi connectivity index (χ0v) is 16.9. The molecule has 0 N–H and O–H groups in total. The van der Waals surface area contributed by atoms with Crippen molar-refractivity contribution in [3.05, 3.63) is 91.5 Å². The van der Waals surface area contributed by atoms with Gasteiger partial charge in [0.25, 0.3) is 11.4 Å². The van der Waals surface area contributed by atoms with Gasteiger partial charge in [0, 0.05) is 11.6 Å². The van der Waals surface area contributed by atoms with Gasteiger partial charge in [0.15, 0.2) is 5.75 Å². The Hall–Kier alpha value is -4.67. The molecular weight excluding hydrogens is 418 g/mol. The summed E-state index contributed by atoms with van der Waals surface area (Å²) in [6.07, 6.45) is 0. The van der Waals surface area contributed by atoms with Crippen LogP contribution in [0, 0.1) is 34.1 Å². The van der Waals surface area contributed by atoms with Crippen molar-refractivity contribution in [3.8, 4) is 11.4 Å². The molecule has 0 fully saturated rings. The summed E-state index contributed by atoms with van der Waals surface area (Å²) in [5, 5.41) is 31.3. The number of carbonyl (C=O) groups excluding carboxylic acids is 1. The fourth-order valence-electron chi connectivity index (χ4n) is 3.18. The van der Waals surface area contributed by atoms with Crippen LogP contribution in [0.5, 0.6) is 5.75 Å². The van der Waals surface area contributed by atoms with E-state index in [-0.39, 0.29) is 16.9 Å². The number of carbonyl (C=O) groups is 1. The molecule has 11 heteroatoms. The first-order chi connectivity index (χ1) is 15.2. The number of hydrogen-bond donors (Lipinski definition) is 0. The molecule has 0 saturated carbocycles. The van der Waals surface area contributed by atoms with Crippen molar-refractivity contribution in [1.29, 1.82) is 0 Å². The maximum atomic E-state index is 12.9. The van der Waals surface area contributed by atoms with Crippen LogP contribution in [0.2, 0.25) is 0 Å². The molecule has 0 saturated heterocycles. The first-order valence-electron chi connectivity index (χ1n) is 9.33. The van der Waals surface area contributed by atoms with Crippen molar-refractivity contribution in [2.24, 2.45) is 0 Å². The van der Waals surface area contributed by atoms with E-state index in [0.29, 0.717) is 16.7 Å². The van der Waals surface area contributed by atoms with E-state index in [0.717, 1.165) is 17.7 Å². The number of aryl methyl sites for hydroxylation is 1. The van der Waals surface area contributed by atoms with Crippen LogP contribution in [0.15, 0.2) is 54.6 Å². The van der Waals surface area contributed by atoms with Crippen LogP contribution in [-0.2, 0) is 0 Å². The normalized spacial score (nSPS) is 10.8. The number of nitrogens with zero attached hydrogens (tertiary/aromatic N) is 5. The summed E-state index contributed by atoms with van der Waals surface area (Å²) < 4.78 is 5.50. The lowest BCUT2D eigenvalue weighted by atomic mass is 10.1. The monoisotopic (exact) mass is 433 g/mol. The maximum Gasteiger partial charge on any atom is 0.344 e. The van der Waals surface area contributed by atoms with Gasteiger partial charge in [-0.1, -0.05) is 18.2 Å². The number of nitro benzene ring substituents is 2. The number of rotatable bonds is 5. The molecule has 0 aliphatic carbocycles. The fourth-order valence-corrected chi connectivity index (χ4v) is 3.18. The Labute approximate surface area is 180 Å². The van der Waals surface area contributed by atoms with Crippen LogP contribution in [0.1, 0.15) is 21.5 Å². The van der Waals surface area contributed by atoms with E-state index in [2.05, 4.69) is 10.2 Å². The molecule has 1 aromatic heterocycles. The molecule has 0 amide bonds. The predicted octanol–water partition coefficient (Wildman–Crippen LogP) is 4.07. The smallest absolute Gasteiger partial charge is 0.344 e. The van der Waals surface area contributed by atoms with E-state index >= 15 is 0 Å². The average molecular weight is 433 g/mol. The maximum absolute atomic E-state index is 12.9. The highest BCUT2D eigenvalue weighted by Gasteiger charge is 2.26. The lowest BCUT2D eigenvalue weighted by molar-refractivity contribution is -0.394. The fraction of sp³-hybridized carbons (Fsp3) is 0.0952. The highest BCUT2D eigenvalue weighted by molar-refractivity contribution is 5.95. The number of aromatic nitrogens is 3. The Morgan fingerprint density at radius 2 is 1.59 bits per heavy atom. The summed E-state index contributed by atoms with van der Waals surface area (Å²) in [5.74, 6) is -0.884. The third-order valence-corrected chi connectivity index (χ3v) is 4.81. The van der Waals surface area contributed by atoms with Crippen molar-refractivity contribution < 1.29 is 19.4 Å². The molecule has 4 aromatic rings. The zero-order valence-electron chi connectivity index (χ0n) is 16.9. The first kappa shape index (κ1) is 20.6. The van der Waals surface area contributed by atoms with Gasteiger partial charge < -0.3 is 4.74 Å². The number of esters is 1. The van der Waals surface area contributed by atoms with Crippen molar-refractivity contribution in [2.45, 2.75) is 13.8 Å². The summed E-state index contributed by atoms with van der Waals surface area (Å²) >= 11 is 0. The van der Waals surface area contributed by atoms with E-state index in [1.807, 2.05) is 19.1 Å².